The van der Waals surface area contributed by atoms with E-state index in [0.29, 0.717) is 36.0 Å². The highest BCUT2D eigenvalue weighted by Crippen LogP contribution is 2.16. The Balaban J connectivity index is 1.80. The fraction of sp³-hybridized carbons (Fsp3) is 0.176. The molecule has 26 heavy (non-hydrogen) atoms. The first kappa shape index (κ1) is 18.2. The van der Waals surface area contributed by atoms with Crippen LogP contribution < -0.4 is 4.72 Å². The van der Waals surface area contributed by atoms with Gasteiger partial charge in [-0.2, -0.15) is 0 Å². The van der Waals surface area contributed by atoms with E-state index in [-0.39, 0.29) is 11.3 Å². The highest BCUT2D eigenvalue weighted by atomic mass is 32.2. The predicted octanol–water partition coefficient (Wildman–Crippen LogP) is 2.05. The van der Waals surface area contributed by atoms with E-state index in [1.807, 2.05) is 0 Å². The molecule has 3 aromatic rings. The lowest BCUT2D eigenvalue weighted by atomic mass is 10.0. The molecular weight excluding hydrogens is 359 g/mol. The van der Waals surface area contributed by atoms with Gasteiger partial charge < -0.3 is 0 Å². The molecule has 0 bridgehead atoms. The number of aryl methyl sites for hydroxylation is 1. The highest BCUT2D eigenvalue weighted by Gasteiger charge is 2.14. The third kappa shape index (κ3) is 4.51. The van der Waals surface area contributed by atoms with E-state index in [4.69, 9.17) is 4.55 Å². The van der Waals surface area contributed by atoms with E-state index in [2.05, 4.69) is 19.7 Å². The number of pyridine rings is 1. The Labute approximate surface area is 151 Å². The zero-order valence-corrected chi connectivity index (χ0v) is 14.4. The maximum absolute atomic E-state index is 13.9. The molecule has 0 aliphatic rings. The lowest BCUT2D eigenvalue weighted by molar-refractivity contribution is 0.103. The number of carbonyl (C=O) groups excluding carboxylic acids is 1. The van der Waals surface area contributed by atoms with Gasteiger partial charge in [-0.25, -0.2) is 13.3 Å². The van der Waals surface area contributed by atoms with Crippen LogP contribution >= 0.6 is 0 Å². The number of benzene rings is 1. The number of carbonyl (C=O) groups is 1. The van der Waals surface area contributed by atoms with E-state index < -0.39 is 22.9 Å². The summed E-state index contributed by atoms with van der Waals surface area (Å²) in [6.45, 7) is 0.299. The zero-order chi connectivity index (χ0) is 18.5. The van der Waals surface area contributed by atoms with Crippen LogP contribution in [0.4, 0.5) is 4.39 Å². The van der Waals surface area contributed by atoms with Crippen LogP contribution in [-0.2, 0) is 17.7 Å². The monoisotopic (exact) mass is 374 g/mol. The minimum absolute atomic E-state index is 0.159. The number of ketones is 1. The van der Waals surface area contributed by atoms with Gasteiger partial charge in [0.05, 0.1) is 11.7 Å². The number of rotatable bonds is 7. The van der Waals surface area contributed by atoms with Crippen LogP contribution in [0.15, 0.2) is 42.9 Å². The largest absolute Gasteiger partial charge is 0.294 e. The quantitative estimate of drug-likeness (QED) is 0.373. The van der Waals surface area contributed by atoms with Gasteiger partial charge in [-0.3, -0.25) is 24.3 Å². The summed E-state index contributed by atoms with van der Waals surface area (Å²) < 4.78 is 35.4. The molecule has 0 aliphatic carbocycles. The summed E-state index contributed by atoms with van der Waals surface area (Å²) >= 11 is -2.07. The van der Waals surface area contributed by atoms with Crippen LogP contribution in [0.3, 0.4) is 0 Å². The molecule has 0 radical (unpaired) electrons. The molecule has 1 aromatic carbocycles. The van der Waals surface area contributed by atoms with E-state index in [1.54, 1.807) is 6.07 Å². The van der Waals surface area contributed by atoms with Crippen LogP contribution in [0.5, 0.6) is 0 Å². The van der Waals surface area contributed by atoms with E-state index >= 15 is 0 Å². The van der Waals surface area contributed by atoms with Gasteiger partial charge in [0, 0.05) is 24.5 Å². The third-order valence-corrected chi connectivity index (χ3v) is 4.13. The topological polar surface area (TPSA) is 105 Å². The molecule has 2 N–H and O–H groups in total. The van der Waals surface area contributed by atoms with Gasteiger partial charge in [0.2, 0.25) is 17.0 Å². The fourth-order valence-corrected chi connectivity index (χ4v) is 2.84. The molecule has 0 aliphatic heterocycles. The third-order valence-electron chi connectivity index (χ3n) is 3.68. The summed E-state index contributed by atoms with van der Waals surface area (Å²) in [6.07, 6.45) is 5.48. The summed E-state index contributed by atoms with van der Waals surface area (Å²) in [7, 11) is 0. The van der Waals surface area contributed by atoms with Crippen molar-refractivity contribution in [3.8, 4) is 0 Å². The number of nitrogens with zero attached hydrogens (tertiary/aromatic N) is 3. The molecule has 0 saturated heterocycles. The van der Waals surface area contributed by atoms with Crippen LogP contribution in [0.1, 0.15) is 28.0 Å². The van der Waals surface area contributed by atoms with Crippen molar-refractivity contribution in [2.75, 3.05) is 6.54 Å². The lowest BCUT2D eigenvalue weighted by Gasteiger charge is -2.06. The second-order valence-corrected chi connectivity index (χ2v) is 6.33. The first-order chi connectivity index (χ1) is 12.5. The molecule has 134 valence electrons. The van der Waals surface area contributed by atoms with Gasteiger partial charge in [-0.1, -0.05) is 0 Å². The Kier molecular flexibility index (Phi) is 5.71. The summed E-state index contributed by atoms with van der Waals surface area (Å²) in [5.74, 6) is -0.932. The minimum atomic E-state index is -2.07. The van der Waals surface area contributed by atoms with Crippen molar-refractivity contribution >= 4 is 28.1 Å². The lowest BCUT2D eigenvalue weighted by Crippen LogP contribution is -2.17. The molecule has 9 heteroatoms. The van der Waals surface area contributed by atoms with Gasteiger partial charge in [0.1, 0.15) is 17.0 Å². The van der Waals surface area contributed by atoms with Gasteiger partial charge >= 0.3 is 0 Å². The summed E-state index contributed by atoms with van der Waals surface area (Å²) in [4.78, 5) is 25.0. The second-order valence-electron chi connectivity index (χ2n) is 5.54. The summed E-state index contributed by atoms with van der Waals surface area (Å²) in [6, 6.07) is 5.63. The molecule has 2 heterocycles. The number of hydrogen-bond donors (Lipinski definition) is 2. The van der Waals surface area contributed by atoms with Gasteiger partial charge in [0.15, 0.2) is 0 Å². The molecule has 1 unspecified atom stereocenters. The highest BCUT2D eigenvalue weighted by molar-refractivity contribution is 7.77. The number of fused-ring (bicyclic) bond motifs is 1. The maximum Gasteiger partial charge on any atom is 0.231 e. The Morgan fingerprint density at radius 1 is 1.12 bits per heavy atom. The number of nitrogens with one attached hydrogen (secondary N) is 1. The van der Waals surface area contributed by atoms with Crippen LogP contribution in [0.25, 0.3) is 11.0 Å². The van der Waals surface area contributed by atoms with Gasteiger partial charge in [0.25, 0.3) is 0 Å². The van der Waals surface area contributed by atoms with Gasteiger partial charge in [-0.15, -0.1) is 0 Å². The molecule has 0 fully saturated rings. The van der Waals surface area contributed by atoms with Crippen LogP contribution in [0, 0.1) is 5.82 Å². The average Bonchev–Trinajstić information content (AvgIpc) is 2.63. The molecule has 0 spiro atoms. The first-order valence-electron chi connectivity index (χ1n) is 7.78. The van der Waals surface area contributed by atoms with Crippen molar-refractivity contribution in [2.45, 2.75) is 12.8 Å². The molecule has 7 nitrogen and oxygen atoms in total. The normalized spacial score (nSPS) is 12.2. The smallest absolute Gasteiger partial charge is 0.231 e. The maximum atomic E-state index is 13.9. The zero-order valence-electron chi connectivity index (χ0n) is 13.6. The first-order valence-corrected chi connectivity index (χ1v) is 8.89. The van der Waals surface area contributed by atoms with Crippen molar-refractivity contribution in [3.05, 3.63) is 65.5 Å². The van der Waals surface area contributed by atoms with E-state index in [1.165, 1.54) is 30.7 Å². The Morgan fingerprint density at radius 2 is 1.88 bits per heavy atom. The minimum Gasteiger partial charge on any atom is -0.294 e. The SMILES string of the molecule is O=C(c1cc(F)cc(CCCNS(=O)O)c1)c1cc2nccnc2cn1. The summed E-state index contributed by atoms with van der Waals surface area (Å²) in [5.41, 5.74) is 2.07. The molecule has 2 aromatic heterocycles. The molecule has 1 atom stereocenters. The molecule has 0 saturated carbocycles. The number of hydrogen-bond acceptors (Lipinski definition) is 5. The molecule has 0 amide bonds. The van der Waals surface area contributed by atoms with Crippen LogP contribution in [-0.4, -0.2) is 36.0 Å². The van der Waals surface area contributed by atoms with Crippen LogP contribution in [0.2, 0.25) is 0 Å². The van der Waals surface area contributed by atoms with Crippen molar-refractivity contribution in [2.24, 2.45) is 0 Å². The Morgan fingerprint density at radius 3 is 2.65 bits per heavy atom. The number of aromatic nitrogens is 3. The summed E-state index contributed by atoms with van der Waals surface area (Å²) in [5, 5.41) is 0. The Bertz CT molecular complexity index is 983. The average molecular weight is 374 g/mol. The van der Waals surface area contributed by atoms with E-state index in [0.717, 1.165) is 6.07 Å². The van der Waals surface area contributed by atoms with Gasteiger partial charge in [-0.05, 0) is 42.7 Å². The van der Waals surface area contributed by atoms with E-state index in [9.17, 15) is 13.4 Å². The standard InChI is InChI=1S/C17H15FN4O3S/c18-13-7-11(2-1-3-22-26(24)25)6-12(8-13)17(23)15-9-14-16(10-21-15)20-5-4-19-14/h4-10,22H,1-3H2,(H,24,25). The molecule has 3 rings (SSSR count). The van der Waals surface area contributed by atoms with Crippen molar-refractivity contribution in [1.29, 1.82) is 0 Å². The number of halogens is 1. The predicted molar refractivity (Wildman–Crippen MR) is 94.3 cm³/mol. The van der Waals surface area contributed by atoms with Crippen molar-refractivity contribution in [1.82, 2.24) is 19.7 Å². The van der Waals surface area contributed by atoms with Crippen molar-refractivity contribution < 1.29 is 17.9 Å². The fourth-order valence-electron chi connectivity index (χ4n) is 2.52. The van der Waals surface area contributed by atoms with Crippen molar-refractivity contribution in [3.63, 3.8) is 0 Å². The Hall–Kier alpha value is -2.62. The second kappa shape index (κ2) is 8.17. The molecular formula is C17H15FN4O3S.